The van der Waals surface area contributed by atoms with E-state index in [9.17, 15) is 13.2 Å². The zero-order valence-electron chi connectivity index (χ0n) is 12.9. The fourth-order valence-corrected chi connectivity index (χ4v) is 2.34. The quantitative estimate of drug-likeness (QED) is 0.828. The molecule has 1 aromatic rings. The minimum atomic E-state index is -4.33. The Balaban J connectivity index is 1.91. The molecule has 0 saturated heterocycles. The van der Waals surface area contributed by atoms with Crippen LogP contribution in [0.3, 0.4) is 0 Å². The van der Waals surface area contributed by atoms with E-state index in [4.69, 9.17) is 5.11 Å². The van der Waals surface area contributed by atoms with Gasteiger partial charge in [-0.05, 0) is 18.1 Å². The number of aromatic nitrogens is 1. The van der Waals surface area contributed by atoms with Crippen molar-refractivity contribution in [2.45, 2.75) is 26.3 Å². The lowest BCUT2D eigenvalue weighted by Crippen LogP contribution is -2.36. The number of hydrogen-bond acceptors (Lipinski definition) is 5. The monoisotopic (exact) mass is 331 g/mol. The number of hydrogen-bond donors (Lipinski definition) is 1. The summed E-state index contributed by atoms with van der Waals surface area (Å²) in [5.41, 5.74) is 2.25. The van der Waals surface area contributed by atoms with Crippen molar-refractivity contribution in [2.75, 3.05) is 26.3 Å². The number of aryl methyl sites for hydroxylation is 1. The average Bonchev–Trinajstić information content (AvgIpc) is 2.88. The Hall–Kier alpha value is -1.64. The predicted molar refractivity (Wildman–Crippen MR) is 78.0 cm³/mol. The number of pyridine rings is 1. The lowest BCUT2D eigenvalue weighted by Gasteiger charge is -2.28. The molecule has 0 saturated carbocycles. The highest BCUT2D eigenvalue weighted by molar-refractivity contribution is 5.23. The van der Waals surface area contributed by atoms with Crippen LogP contribution in [0.1, 0.15) is 16.8 Å². The molecule has 0 spiro atoms. The summed E-state index contributed by atoms with van der Waals surface area (Å²) in [6.45, 7) is 2.31. The van der Waals surface area contributed by atoms with E-state index in [2.05, 4.69) is 9.72 Å². The number of nitrogens with zero attached hydrogens (tertiary/aromatic N) is 3. The van der Waals surface area contributed by atoms with Crippen LogP contribution in [0.4, 0.5) is 13.2 Å². The van der Waals surface area contributed by atoms with Crippen molar-refractivity contribution in [3.63, 3.8) is 0 Å². The van der Waals surface area contributed by atoms with E-state index in [-0.39, 0.29) is 13.2 Å². The predicted octanol–water partition coefficient (Wildman–Crippen LogP) is 2.01. The van der Waals surface area contributed by atoms with Gasteiger partial charge in [-0.2, -0.15) is 13.2 Å². The van der Waals surface area contributed by atoms with Crippen LogP contribution in [0.5, 0.6) is 0 Å². The molecule has 5 nitrogen and oxygen atoms in total. The topological polar surface area (TPSA) is 48.8 Å². The highest BCUT2D eigenvalue weighted by atomic mass is 19.4. The molecule has 1 aliphatic heterocycles. The Bertz CT molecular complexity index is 549. The second-order valence-electron chi connectivity index (χ2n) is 5.33. The number of halogens is 3. The van der Waals surface area contributed by atoms with Crippen LogP contribution >= 0.6 is 0 Å². The first-order valence-corrected chi connectivity index (χ1v) is 7.27. The molecule has 2 heterocycles. The number of ether oxygens (including phenoxy) is 1. The SMILES string of the molecule is Cc1cc(CN2CC=CN2CCO)cnc1COCC(F)(F)F. The zero-order chi connectivity index (χ0) is 16.9. The Morgan fingerprint density at radius 2 is 2.17 bits per heavy atom. The van der Waals surface area contributed by atoms with Crippen LogP contribution in [0.25, 0.3) is 0 Å². The average molecular weight is 331 g/mol. The van der Waals surface area contributed by atoms with Gasteiger partial charge in [0.2, 0.25) is 0 Å². The smallest absolute Gasteiger partial charge is 0.394 e. The molecule has 0 atom stereocenters. The van der Waals surface area contributed by atoms with Crippen LogP contribution in [0.15, 0.2) is 24.5 Å². The van der Waals surface area contributed by atoms with E-state index in [1.807, 2.05) is 28.4 Å². The largest absolute Gasteiger partial charge is 0.411 e. The molecule has 1 N–H and O–H groups in total. The first kappa shape index (κ1) is 17.7. The molecule has 23 heavy (non-hydrogen) atoms. The number of alkyl halides is 3. The summed E-state index contributed by atoms with van der Waals surface area (Å²) >= 11 is 0. The van der Waals surface area contributed by atoms with Gasteiger partial charge in [-0.15, -0.1) is 0 Å². The fraction of sp³-hybridized carbons (Fsp3) is 0.533. The van der Waals surface area contributed by atoms with Crippen molar-refractivity contribution in [3.05, 3.63) is 41.4 Å². The molecule has 0 fully saturated rings. The number of aliphatic hydroxyl groups is 1. The van der Waals surface area contributed by atoms with E-state index in [1.54, 1.807) is 13.1 Å². The molecule has 0 amide bonds. The van der Waals surface area contributed by atoms with E-state index in [0.717, 1.165) is 17.7 Å². The number of aliphatic hydroxyl groups excluding tert-OH is 1. The van der Waals surface area contributed by atoms with Crippen molar-refractivity contribution in [3.8, 4) is 0 Å². The summed E-state index contributed by atoms with van der Waals surface area (Å²) in [7, 11) is 0. The van der Waals surface area contributed by atoms with Crippen LogP contribution in [-0.2, 0) is 17.9 Å². The molecular weight excluding hydrogens is 311 g/mol. The summed E-state index contributed by atoms with van der Waals surface area (Å²) in [4.78, 5) is 4.20. The maximum atomic E-state index is 12.1. The fourth-order valence-electron chi connectivity index (χ4n) is 2.34. The normalized spacial score (nSPS) is 15.6. The van der Waals surface area contributed by atoms with Crippen molar-refractivity contribution in [2.24, 2.45) is 0 Å². The van der Waals surface area contributed by atoms with Crippen molar-refractivity contribution >= 4 is 0 Å². The molecule has 128 valence electrons. The van der Waals surface area contributed by atoms with Crippen LogP contribution in [0.2, 0.25) is 0 Å². The van der Waals surface area contributed by atoms with Crippen molar-refractivity contribution < 1.29 is 23.0 Å². The molecule has 8 heteroatoms. The van der Waals surface area contributed by atoms with Crippen LogP contribution in [0, 0.1) is 6.92 Å². The van der Waals surface area contributed by atoms with Gasteiger partial charge in [0.25, 0.3) is 0 Å². The van der Waals surface area contributed by atoms with Gasteiger partial charge in [-0.3, -0.25) is 4.98 Å². The molecular formula is C15H20F3N3O2. The first-order valence-electron chi connectivity index (χ1n) is 7.27. The second kappa shape index (κ2) is 7.76. The van der Waals surface area contributed by atoms with Gasteiger partial charge in [0.05, 0.1) is 25.5 Å². The Kier molecular flexibility index (Phi) is 5.97. The molecule has 0 aliphatic carbocycles. The minimum Gasteiger partial charge on any atom is -0.394 e. The van der Waals surface area contributed by atoms with Crippen molar-refractivity contribution in [1.82, 2.24) is 15.0 Å². The summed E-state index contributed by atoms with van der Waals surface area (Å²) in [6.07, 6.45) is 1.23. The third-order valence-corrected chi connectivity index (χ3v) is 3.40. The van der Waals surface area contributed by atoms with E-state index in [1.165, 1.54) is 0 Å². The molecule has 1 aromatic heterocycles. The third kappa shape index (κ3) is 5.49. The second-order valence-corrected chi connectivity index (χ2v) is 5.33. The Morgan fingerprint density at radius 1 is 1.39 bits per heavy atom. The number of hydrazine groups is 1. The summed E-state index contributed by atoms with van der Waals surface area (Å²) < 4.78 is 40.9. The highest BCUT2D eigenvalue weighted by Gasteiger charge is 2.27. The van der Waals surface area contributed by atoms with Gasteiger partial charge in [-0.25, -0.2) is 5.01 Å². The molecule has 1 aliphatic rings. The maximum Gasteiger partial charge on any atom is 0.411 e. The van der Waals surface area contributed by atoms with Gasteiger partial charge >= 0.3 is 6.18 Å². The Labute approximate surface area is 132 Å². The first-order chi connectivity index (χ1) is 10.9. The van der Waals surface area contributed by atoms with Crippen molar-refractivity contribution in [1.29, 1.82) is 0 Å². The summed E-state index contributed by atoms with van der Waals surface area (Å²) in [6, 6.07) is 1.90. The standard InChI is InChI=1S/C15H20F3N3O2/c1-12-7-13(9-21-4-2-3-20(21)5-6-22)8-19-14(12)10-23-11-15(16,17)18/h2-3,7-8,22H,4-6,9-11H2,1H3. The summed E-state index contributed by atoms with van der Waals surface area (Å²) in [5, 5.41) is 13.0. The van der Waals surface area contributed by atoms with Gasteiger partial charge in [0.1, 0.15) is 6.61 Å². The molecule has 0 radical (unpaired) electrons. The summed E-state index contributed by atoms with van der Waals surface area (Å²) in [5.74, 6) is 0. The van der Waals surface area contributed by atoms with E-state index in [0.29, 0.717) is 18.8 Å². The van der Waals surface area contributed by atoms with Gasteiger partial charge in [-0.1, -0.05) is 12.1 Å². The third-order valence-electron chi connectivity index (χ3n) is 3.40. The van der Waals surface area contributed by atoms with Gasteiger partial charge in [0, 0.05) is 25.5 Å². The van der Waals surface area contributed by atoms with E-state index < -0.39 is 12.8 Å². The minimum absolute atomic E-state index is 0.0631. The molecule has 0 unspecified atom stereocenters. The molecule has 2 rings (SSSR count). The van der Waals surface area contributed by atoms with Gasteiger partial charge in [0.15, 0.2) is 0 Å². The highest BCUT2D eigenvalue weighted by Crippen LogP contribution is 2.18. The molecule has 0 bridgehead atoms. The van der Waals surface area contributed by atoms with E-state index >= 15 is 0 Å². The zero-order valence-corrected chi connectivity index (χ0v) is 12.9. The maximum absolute atomic E-state index is 12.1. The van der Waals surface area contributed by atoms with Crippen LogP contribution < -0.4 is 0 Å². The Morgan fingerprint density at radius 3 is 2.83 bits per heavy atom. The molecule has 0 aromatic carbocycles. The number of β-amino-alcohol motifs (C(OH)–C–C–N with tert-alkyl or cyclic N) is 1. The lowest BCUT2D eigenvalue weighted by atomic mass is 10.1. The number of rotatable bonds is 7. The lowest BCUT2D eigenvalue weighted by molar-refractivity contribution is -0.176. The van der Waals surface area contributed by atoms with Crippen LogP contribution in [-0.4, -0.2) is 52.6 Å². The van der Waals surface area contributed by atoms with Gasteiger partial charge < -0.3 is 14.9 Å².